The summed E-state index contributed by atoms with van der Waals surface area (Å²) in [6, 6.07) is 8.76. The molecule has 1 spiro atoms. The van der Waals surface area contributed by atoms with Crippen LogP contribution in [0.1, 0.15) is 63.0 Å². The van der Waals surface area contributed by atoms with Gasteiger partial charge in [-0.15, -0.1) is 0 Å². The molecule has 2 fully saturated rings. The van der Waals surface area contributed by atoms with Crippen LogP contribution in [0.2, 0.25) is 0 Å². The van der Waals surface area contributed by atoms with Crippen molar-refractivity contribution in [1.29, 1.82) is 0 Å². The second kappa shape index (κ2) is 6.60. The first-order valence-electron chi connectivity index (χ1n) is 9.89. The van der Waals surface area contributed by atoms with Crippen LogP contribution >= 0.6 is 0 Å². The van der Waals surface area contributed by atoms with Gasteiger partial charge in [0.15, 0.2) is 0 Å². The number of rotatable bonds is 4. The predicted octanol–water partition coefficient (Wildman–Crippen LogP) is 4.47. The van der Waals surface area contributed by atoms with Gasteiger partial charge in [0.25, 0.3) is 0 Å². The Morgan fingerprint density at radius 2 is 1.92 bits per heavy atom. The lowest BCUT2D eigenvalue weighted by molar-refractivity contribution is -0.130. The number of likely N-dealkylation sites (tertiary alicyclic amines) is 1. The Hall–Kier alpha value is -1.61. The second-order valence-electron chi connectivity index (χ2n) is 8.34. The van der Waals surface area contributed by atoms with Crippen molar-refractivity contribution in [1.82, 2.24) is 4.90 Å². The van der Waals surface area contributed by atoms with Crippen molar-refractivity contribution < 1.29 is 9.90 Å². The highest BCUT2D eigenvalue weighted by Gasteiger charge is 2.42. The largest absolute Gasteiger partial charge is 0.478 e. The zero-order valence-electron chi connectivity index (χ0n) is 15.2. The zero-order chi connectivity index (χ0) is 17.4. The Kier molecular flexibility index (Phi) is 4.45. The topological polar surface area (TPSA) is 40.5 Å². The van der Waals surface area contributed by atoms with Crippen LogP contribution in [0.15, 0.2) is 30.3 Å². The Bertz CT molecular complexity index is 679. The fourth-order valence-corrected chi connectivity index (χ4v) is 5.42. The molecular formula is C22H29NO2. The van der Waals surface area contributed by atoms with E-state index in [1.165, 1.54) is 37.7 Å². The molecule has 0 bridgehead atoms. The lowest BCUT2D eigenvalue weighted by atomic mass is 9.74. The third-order valence-electron chi connectivity index (χ3n) is 6.87. The molecule has 4 rings (SSSR count). The number of hydrogen-bond donors (Lipinski definition) is 1. The first-order valence-corrected chi connectivity index (χ1v) is 9.89. The molecule has 1 saturated heterocycles. The van der Waals surface area contributed by atoms with E-state index in [2.05, 4.69) is 24.0 Å². The molecule has 1 unspecified atom stereocenters. The zero-order valence-corrected chi connectivity index (χ0v) is 15.2. The first kappa shape index (κ1) is 16.8. The van der Waals surface area contributed by atoms with E-state index in [4.69, 9.17) is 0 Å². The summed E-state index contributed by atoms with van der Waals surface area (Å²) in [6.45, 7) is 4.54. The predicted molar refractivity (Wildman–Crippen MR) is 101 cm³/mol. The van der Waals surface area contributed by atoms with E-state index in [0.29, 0.717) is 11.6 Å². The molecule has 0 aromatic heterocycles. The molecule has 1 aromatic carbocycles. The minimum atomic E-state index is -0.790. The summed E-state index contributed by atoms with van der Waals surface area (Å²) in [6.07, 6.45) is 11.1. The number of fused-ring (bicyclic) bond motifs is 2. The molecule has 3 nitrogen and oxygen atoms in total. The summed E-state index contributed by atoms with van der Waals surface area (Å²) in [5.74, 6) is 0.137. The van der Waals surface area contributed by atoms with Crippen molar-refractivity contribution in [2.75, 3.05) is 13.1 Å². The van der Waals surface area contributed by atoms with Gasteiger partial charge in [0.1, 0.15) is 0 Å². The lowest BCUT2D eigenvalue weighted by Crippen LogP contribution is -2.45. The average molecular weight is 339 g/mol. The number of benzene rings is 1. The van der Waals surface area contributed by atoms with Gasteiger partial charge in [-0.25, -0.2) is 4.79 Å². The number of nitrogens with zero attached hydrogens (tertiary/aromatic N) is 1. The van der Waals surface area contributed by atoms with Crippen molar-refractivity contribution in [2.24, 2.45) is 5.92 Å². The molecule has 2 aliphatic carbocycles. The van der Waals surface area contributed by atoms with Crippen LogP contribution in [-0.2, 0) is 10.2 Å². The molecule has 1 N–H and O–H groups in total. The Balaban J connectivity index is 1.48. The van der Waals surface area contributed by atoms with Crippen LogP contribution in [0, 0.1) is 5.92 Å². The van der Waals surface area contributed by atoms with E-state index in [9.17, 15) is 9.90 Å². The summed E-state index contributed by atoms with van der Waals surface area (Å²) in [5, 5.41) is 9.59. The van der Waals surface area contributed by atoms with E-state index < -0.39 is 5.97 Å². The van der Waals surface area contributed by atoms with Crippen LogP contribution in [0.5, 0.6) is 0 Å². The summed E-state index contributed by atoms with van der Waals surface area (Å²) >= 11 is 0. The highest BCUT2D eigenvalue weighted by Crippen LogP contribution is 2.47. The number of carbonyl (C=O) groups is 1. The van der Waals surface area contributed by atoms with Gasteiger partial charge in [0, 0.05) is 11.5 Å². The molecule has 1 heterocycles. The van der Waals surface area contributed by atoms with Gasteiger partial charge in [0.05, 0.1) is 5.57 Å². The van der Waals surface area contributed by atoms with Gasteiger partial charge in [-0.3, -0.25) is 0 Å². The molecule has 134 valence electrons. The molecule has 0 amide bonds. The van der Waals surface area contributed by atoms with E-state index in [-0.39, 0.29) is 5.41 Å². The van der Waals surface area contributed by atoms with Gasteiger partial charge < -0.3 is 10.0 Å². The van der Waals surface area contributed by atoms with Crippen LogP contribution in [-0.4, -0.2) is 35.1 Å². The fourth-order valence-electron chi connectivity index (χ4n) is 5.42. The Morgan fingerprint density at radius 3 is 2.60 bits per heavy atom. The number of carboxylic acids is 1. The maximum atomic E-state index is 11.7. The summed E-state index contributed by atoms with van der Waals surface area (Å²) < 4.78 is 0. The number of carboxylic acid groups (broad SMARTS) is 1. The quantitative estimate of drug-likeness (QED) is 0.880. The van der Waals surface area contributed by atoms with Crippen molar-refractivity contribution in [2.45, 2.75) is 63.3 Å². The second-order valence-corrected chi connectivity index (χ2v) is 8.34. The van der Waals surface area contributed by atoms with Crippen LogP contribution in [0.25, 0.3) is 5.57 Å². The van der Waals surface area contributed by atoms with Crippen LogP contribution in [0.3, 0.4) is 0 Å². The number of aliphatic carboxylic acids is 1. The van der Waals surface area contributed by atoms with E-state index in [0.717, 1.165) is 37.4 Å². The van der Waals surface area contributed by atoms with Gasteiger partial charge in [-0.05, 0) is 56.3 Å². The Labute approximate surface area is 150 Å². The molecule has 1 atom stereocenters. The maximum absolute atomic E-state index is 11.7. The highest BCUT2D eigenvalue weighted by atomic mass is 16.4. The fraction of sp³-hybridized carbons (Fsp3) is 0.591. The Morgan fingerprint density at radius 1 is 1.24 bits per heavy atom. The third kappa shape index (κ3) is 3.03. The van der Waals surface area contributed by atoms with Gasteiger partial charge in [-0.1, -0.05) is 56.0 Å². The molecule has 3 aliphatic rings. The molecule has 25 heavy (non-hydrogen) atoms. The minimum absolute atomic E-state index is 0.0616. The SMILES string of the molecule is CC(CC1CCCC1)N1CCC2(C=C(C(=O)O)c3ccccc32)CC1. The summed E-state index contributed by atoms with van der Waals surface area (Å²) in [4.78, 5) is 14.3. The lowest BCUT2D eigenvalue weighted by Gasteiger charge is -2.42. The summed E-state index contributed by atoms with van der Waals surface area (Å²) in [5.41, 5.74) is 2.61. The van der Waals surface area contributed by atoms with Gasteiger partial charge >= 0.3 is 5.97 Å². The van der Waals surface area contributed by atoms with Crippen LogP contribution < -0.4 is 0 Å². The normalized spacial score (nSPS) is 24.3. The molecule has 1 saturated carbocycles. The third-order valence-corrected chi connectivity index (χ3v) is 6.87. The molecule has 0 radical (unpaired) electrons. The van der Waals surface area contributed by atoms with Gasteiger partial charge in [0.2, 0.25) is 0 Å². The first-order chi connectivity index (χ1) is 12.1. The standard InChI is InChI=1S/C22H29NO2/c1-16(14-17-6-2-3-7-17)23-12-10-22(11-13-23)15-19(21(24)25)18-8-4-5-9-20(18)22/h4-5,8-9,15-17H,2-3,6-7,10-14H2,1H3,(H,24,25). The molecular weight excluding hydrogens is 310 g/mol. The maximum Gasteiger partial charge on any atom is 0.336 e. The number of piperidine rings is 1. The number of hydrogen-bond acceptors (Lipinski definition) is 2. The van der Waals surface area contributed by atoms with Crippen molar-refractivity contribution in [3.05, 3.63) is 41.5 Å². The van der Waals surface area contributed by atoms with Crippen molar-refractivity contribution in [3.63, 3.8) is 0 Å². The van der Waals surface area contributed by atoms with Crippen molar-refractivity contribution in [3.8, 4) is 0 Å². The van der Waals surface area contributed by atoms with E-state index in [1.54, 1.807) is 0 Å². The average Bonchev–Trinajstić information content (AvgIpc) is 3.23. The molecule has 1 aromatic rings. The number of allylic oxidation sites excluding steroid dienone is 1. The van der Waals surface area contributed by atoms with Crippen LogP contribution in [0.4, 0.5) is 0 Å². The minimum Gasteiger partial charge on any atom is -0.478 e. The van der Waals surface area contributed by atoms with Gasteiger partial charge in [-0.2, -0.15) is 0 Å². The summed E-state index contributed by atoms with van der Waals surface area (Å²) in [7, 11) is 0. The van der Waals surface area contributed by atoms with Crippen molar-refractivity contribution >= 4 is 11.5 Å². The van der Waals surface area contributed by atoms with E-state index >= 15 is 0 Å². The monoisotopic (exact) mass is 339 g/mol. The van der Waals surface area contributed by atoms with E-state index in [1.807, 2.05) is 18.2 Å². The smallest absolute Gasteiger partial charge is 0.336 e. The molecule has 1 aliphatic heterocycles. The highest BCUT2D eigenvalue weighted by molar-refractivity contribution is 6.17. The molecule has 3 heteroatoms.